The number of carbonyl (C=O) groups is 2. The van der Waals surface area contributed by atoms with Gasteiger partial charge in [-0.15, -0.1) is 0 Å². The van der Waals surface area contributed by atoms with E-state index in [9.17, 15) is 9.59 Å². The number of methoxy groups -OCH3 is 2. The Kier molecular flexibility index (Phi) is 10.0. The molecule has 7 heteroatoms. The van der Waals surface area contributed by atoms with E-state index in [2.05, 4.69) is 5.32 Å². The topological polar surface area (TPSA) is 77.1 Å². The average molecular weight is 457 g/mol. The molecule has 0 saturated carbocycles. The van der Waals surface area contributed by atoms with Gasteiger partial charge in [-0.1, -0.05) is 50.6 Å². The van der Waals surface area contributed by atoms with Crippen molar-refractivity contribution < 1.29 is 23.8 Å². The van der Waals surface area contributed by atoms with Gasteiger partial charge in [-0.3, -0.25) is 9.59 Å². The highest BCUT2D eigenvalue weighted by atomic mass is 16.5. The van der Waals surface area contributed by atoms with Crippen molar-refractivity contribution in [2.45, 2.75) is 46.7 Å². The third-order valence-electron chi connectivity index (χ3n) is 5.23. The van der Waals surface area contributed by atoms with E-state index in [-0.39, 0.29) is 18.4 Å². The van der Waals surface area contributed by atoms with Crippen LogP contribution in [0.2, 0.25) is 0 Å². The fraction of sp³-hybridized carbons (Fsp3) is 0.462. The highest BCUT2D eigenvalue weighted by Crippen LogP contribution is 2.27. The highest BCUT2D eigenvalue weighted by Gasteiger charge is 2.29. The molecule has 0 aromatic heterocycles. The van der Waals surface area contributed by atoms with Crippen molar-refractivity contribution in [2.75, 3.05) is 27.4 Å². The summed E-state index contributed by atoms with van der Waals surface area (Å²) < 4.78 is 16.3. The first-order valence-electron chi connectivity index (χ1n) is 11.3. The number of benzene rings is 2. The van der Waals surface area contributed by atoms with Crippen LogP contribution >= 0.6 is 0 Å². The second-order valence-electron chi connectivity index (χ2n) is 8.41. The van der Waals surface area contributed by atoms with Gasteiger partial charge in [0.1, 0.15) is 23.3 Å². The zero-order valence-corrected chi connectivity index (χ0v) is 20.5. The molecule has 7 nitrogen and oxygen atoms in total. The third-order valence-corrected chi connectivity index (χ3v) is 5.23. The van der Waals surface area contributed by atoms with Gasteiger partial charge < -0.3 is 24.4 Å². The summed E-state index contributed by atoms with van der Waals surface area (Å²) in [4.78, 5) is 27.8. The number of aryl methyl sites for hydroxylation is 1. The molecular weight excluding hydrogens is 420 g/mol. The molecule has 0 aliphatic heterocycles. The van der Waals surface area contributed by atoms with Crippen LogP contribution < -0.4 is 19.5 Å². The van der Waals surface area contributed by atoms with Gasteiger partial charge >= 0.3 is 0 Å². The fourth-order valence-corrected chi connectivity index (χ4v) is 3.32. The Labute approximate surface area is 197 Å². The minimum atomic E-state index is -0.596. The zero-order valence-electron chi connectivity index (χ0n) is 20.5. The number of nitrogens with zero attached hydrogens (tertiary/aromatic N) is 1. The lowest BCUT2D eigenvalue weighted by Crippen LogP contribution is -2.50. The predicted octanol–water partition coefficient (Wildman–Crippen LogP) is 3.97. The van der Waals surface area contributed by atoms with Crippen molar-refractivity contribution in [2.24, 2.45) is 5.92 Å². The molecule has 1 atom stereocenters. The molecule has 2 aromatic rings. The van der Waals surface area contributed by atoms with E-state index in [1.54, 1.807) is 37.3 Å². The molecule has 2 rings (SSSR count). The van der Waals surface area contributed by atoms with Gasteiger partial charge in [-0.25, -0.2) is 0 Å². The van der Waals surface area contributed by atoms with E-state index in [1.807, 2.05) is 52.0 Å². The lowest BCUT2D eigenvalue weighted by atomic mass is 10.1. The number of ether oxygens (including phenoxy) is 3. The van der Waals surface area contributed by atoms with Crippen molar-refractivity contribution in [3.63, 3.8) is 0 Å². The quantitative estimate of drug-likeness (QED) is 0.523. The largest absolute Gasteiger partial charge is 0.496 e. The molecule has 0 bridgehead atoms. The van der Waals surface area contributed by atoms with Crippen molar-refractivity contribution in [1.29, 1.82) is 0 Å². The molecule has 0 radical (unpaired) electrons. The number of hydrogen-bond acceptors (Lipinski definition) is 5. The maximum atomic E-state index is 13.3. The fourth-order valence-electron chi connectivity index (χ4n) is 3.32. The first kappa shape index (κ1) is 26.0. The molecule has 0 aliphatic rings. The van der Waals surface area contributed by atoms with Gasteiger partial charge in [-0.2, -0.15) is 0 Å². The minimum Gasteiger partial charge on any atom is -0.496 e. The summed E-state index contributed by atoms with van der Waals surface area (Å²) in [5, 5.41) is 2.96. The summed E-state index contributed by atoms with van der Waals surface area (Å²) in [6.07, 6.45) is 0.495. The minimum absolute atomic E-state index is 0.158. The van der Waals surface area contributed by atoms with Gasteiger partial charge in [0.05, 0.1) is 14.2 Å². The van der Waals surface area contributed by atoms with E-state index in [0.717, 1.165) is 11.1 Å². The summed E-state index contributed by atoms with van der Waals surface area (Å²) in [5.74, 6) is 1.46. The Morgan fingerprint density at radius 2 is 1.55 bits per heavy atom. The van der Waals surface area contributed by atoms with Crippen molar-refractivity contribution >= 4 is 11.8 Å². The Morgan fingerprint density at radius 1 is 0.970 bits per heavy atom. The smallest absolute Gasteiger partial charge is 0.261 e. The summed E-state index contributed by atoms with van der Waals surface area (Å²) in [6.45, 7) is 8.65. The molecule has 0 saturated heterocycles. The SMILES string of the molecule is CC[C@H](C(=O)NCC(C)C)N(Cc1ccc(C)cc1)C(=O)COc1cc(OC)cc(OC)c1. The number of carbonyl (C=O) groups excluding carboxylic acids is 2. The van der Waals surface area contributed by atoms with Gasteiger partial charge in [0.2, 0.25) is 5.91 Å². The maximum Gasteiger partial charge on any atom is 0.261 e. The summed E-state index contributed by atoms with van der Waals surface area (Å²) >= 11 is 0. The Morgan fingerprint density at radius 3 is 2.06 bits per heavy atom. The Bertz CT molecular complexity index is 889. The van der Waals surface area contributed by atoms with Crippen molar-refractivity contribution in [3.05, 3.63) is 53.6 Å². The van der Waals surface area contributed by atoms with Crippen LogP contribution in [0.3, 0.4) is 0 Å². The van der Waals surface area contributed by atoms with Crippen LogP contribution in [0.5, 0.6) is 17.2 Å². The molecule has 33 heavy (non-hydrogen) atoms. The monoisotopic (exact) mass is 456 g/mol. The molecule has 0 fully saturated rings. The molecule has 0 heterocycles. The van der Waals surface area contributed by atoms with Crippen LogP contribution in [0.4, 0.5) is 0 Å². The van der Waals surface area contributed by atoms with Crippen LogP contribution in [-0.4, -0.2) is 50.1 Å². The lowest BCUT2D eigenvalue weighted by molar-refractivity contribution is -0.143. The number of rotatable bonds is 12. The van der Waals surface area contributed by atoms with Gasteiger partial charge in [-0.05, 0) is 24.8 Å². The predicted molar refractivity (Wildman–Crippen MR) is 129 cm³/mol. The van der Waals surface area contributed by atoms with Crippen LogP contribution in [0.25, 0.3) is 0 Å². The second-order valence-corrected chi connectivity index (χ2v) is 8.41. The van der Waals surface area contributed by atoms with Crippen molar-refractivity contribution in [3.8, 4) is 17.2 Å². The van der Waals surface area contributed by atoms with Crippen LogP contribution in [0, 0.1) is 12.8 Å². The third kappa shape index (κ3) is 8.00. The van der Waals surface area contributed by atoms with E-state index in [4.69, 9.17) is 14.2 Å². The van der Waals surface area contributed by atoms with Crippen molar-refractivity contribution in [1.82, 2.24) is 10.2 Å². The van der Waals surface area contributed by atoms with Crippen LogP contribution in [-0.2, 0) is 16.1 Å². The zero-order chi connectivity index (χ0) is 24.4. The molecule has 1 N–H and O–H groups in total. The van der Waals surface area contributed by atoms with Gasteiger partial charge in [0, 0.05) is 31.3 Å². The highest BCUT2D eigenvalue weighted by molar-refractivity contribution is 5.88. The summed E-state index contributed by atoms with van der Waals surface area (Å²) in [7, 11) is 3.10. The van der Waals surface area contributed by atoms with Gasteiger partial charge in [0.15, 0.2) is 6.61 Å². The maximum absolute atomic E-state index is 13.3. The molecular formula is C26H36N2O5. The molecule has 0 unspecified atom stereocenters. The lowest BCUT2D eigenvalue weighted by Gasteiger charge is -2.31. The summed E-state index contributed by atoms with van der Waals surface area (Å²) in [5.41, 5.74) is 2.08. The number of nitrogens with one attached hydrogen (secondary N) is 1. The van der Waals surface area contributed by atoms with Crippen LogP contribution in [0.15, 0.2) is 42.5 Å². The first-order chi connectivity index (χ1) is 15.8. The molecule has 0 spiro atoms. The molecule has 2 aromatic carbocycles. The van der Waals surface area contributed by atoms with E-state index < -0.39 is 6.04 Å². The summed E-state index contributed by atoms with van der Waals surface area (Å²) in [6, 6.07) is 12.4. The second kappa shape index (κ2) is 12.7. The normalized spacial score (nSPS) is 11.6. The molecule has 2 amide bonds. The standard InChI is InChI=1S/C26H36N2O5/c1-7-24(26(30)27-15-18(2)3)28(16-20-10-8-19(4)9-11-20)25(29)17-33-23-13-21(31-5)12-22(14-23)32-6/h8-14,18,24H,7,15-17H2,1-6H3,(H,27,30)/t24-/m1/s1. The van der Waals surface area contributed by atoms with Crippen LogP contribution in [0.1, 0.15) is 38.3 Å². The van der Waals surface area contributed by atoms with E-state index in [0.29, 0.717) is 42.7 Å². The average Bonchev–Trinajstić information content (AvgIpc) is 2.81. The van der Waals surface area contributed by atoms with E-state index >= 15 is 0 Å². The molecule has 0 aliphatic carbocycles. The van der Waals surface area contributed by atoms with E-state index in [1.165, 1.54) is 0 Å². The molecule has 180 valence electrons. The number of amides is 2. The first-order valence-corrected chi connectivity index (χ1v) is 11.3. The Hall–Kier alpha value is -3.22. The number of hydrogen-bond donors (Lipinski definition) is 1. The Balaban J connectivity index is 2.22. The van der Waals surface area contributed by atoms with Gasteiger partial charge in [0.25, 0.3) is 5.91 Å².